The van der Waals surface area contributed by atoms with Crippen LogP contribution in [0.15, 0.2) is 53.3 Å². The Labute approximate surface area is 146 Å². The van der Waals surface area contributed by atoms with Crippen LogP contribution in [0, 0.1) is 5.82 Å². The number of fused-ring (bicyclic) bond motifs is 1. The molecular formula is C19H13FN2O4. The Hall–Kier alpha value is -3.61. The topological polar surface area (TPSA) is 88.3 Å². The minimum Gasteiger partial charge on any atom is -0.496 e. The molecule has 0 bridgehead atoms. The molecule has 0 spiro atoms. The number of hydrogen-bond acceptors (Lipinski definition) is 4. The number of hydrogen-bond donors (Lipinski definition) is 2. The molecule has 0 atom stereocenters. The van der Waals surface area contributed by atoms with Gasteiger partial charge in [0.2, 0.25) is 0 Å². The van der Waals surface area contributed by atoms with E-state index in [2.05, 4.69) is 9.97 Å². The van der Waals surface area contributed by atoms with Crippen LogP contribution in [-0.4, -0.2) is 28.2 Å². The van der Waals surface area contributed by atoms with Gasteiger partial charge in [0.1, 0.15) is 28.5 Å². The summed E-state index contributed by atoms with van der Waals surface area (Å²) in [7, 11) is 1.50. The van der Waals surface area contributed by atoms with Gasteiger partial charge in [-0.1, -0.05) is 0 Å². The van der Waals surface area contributed by atoms with Gasteiger partial charge in [-0.2, -0.15) is 0 Å². The Bertz CT molecular complexity index is 1100. The number of furan rings is 1. The molecule has 0 aliphatic heterocycles. The summed E-state index contributed by atoms with van der Waals surface area (Å²) in [4.78, 5) is 18.8. The molecule has 0 amide bonds. The predicted octanol–water partition coefficient (Wildman–Crippen LogP) is 4.34. The second-order valence-electron chi connectivity index (χ2n) is 5.63. The van der Waals surface area contributed by atoms with Crippen LogP contribution in [0.25, 0.3) is 33.6 Å². The molecule has 7 heteroatoms. The molecule has 0 saturated carbocycles. The van der Waals surface area contributed by atoms with Crippen LogP contribution >= 0.6 is 0 Å². The smallest absolute Gasteiger partial charge is 0.340 e. The van der Waals surface area contributed by atoms with Crippen LogP contribution < -0.4 is 4.74 Å². The number of nitrogens with zero attached hydrogens (tertiary/aromatic N) is 1. The van der Waals surface area contributed by atoms with Crippen LogP contribution in [0.5, 0.6) is 5.75 Å². The highest BCUT2D eigenvalue weighted by atomic mass is 19.1. The summed E-state index contributed by atoms with van der Waals surface area (Å²) in [5, 5.41) is 10.1. The number of benzene rings is 2. The fourth-order valence-electron chi connectivity index (χ4n) is 2.92. The third-order valence-corrected chi connectivity index (χ3v) is 4.12. The quantitative estimate of drug-likeness (QED) is 0.570. The molecular weight excluding hydrogens is 339 g/mol. The van der Waals surface area contributed by atoms with E-state index >= 15 is 0 Å². The second-order valence-corrected chi connectivity index (χ2v) is 5.63. The van der Waals surface area contributed by atoms with E-state index < -0.39 is 11.8 Å². The maximum absolute atomic E-state index is 13.2. The van der Waals surface area contributed by atoms with Crippen LogP contribution in [0.2, 0.25) is 0 Å². The first-order valence-corrected chi connectivity index (χ1v) is 7.71. The average Bonchev–Trinajstić information content (AvgIpc) is 3.28. The van der Waals surface area contributed by atoms with Gasteiger partial charge in [0.15, 0.2) is 0 Å². The number of ether oxygens (including phenoxy) is 1. The zero-order valence-electron chi connectivity index (χ0n) is 13.6. The van der Waals surface area contributed by atoms with Gasteiger partial charge in [-0.15, -0.1) is 0 Å². The normalized spacial score (nSPS) is 11.0. The number of carboxylic acid groups (broad SMARTS) is 1. The lowest BCUT2D eigenvalue weighted by atomic mass is 10.0. The van der Waals surface area contributed by atoms with Crippen molar-refractivity contribution in [3.8, 4) is 28.3 Å². The zero-order chi connectivity index (χ0) is 18.3. The van der Waals surface area contributed by atoms with Crippen molar-refractivity contribution in [1.82, 2.24) is 9.97 Å². The summed E-state index contributed by atoms with van der Waals surface area (Å²) in [5.74, 6) is -0.906. The van der Waals surface area contributed by atoms with Crippen molar-refractivity contribution in [3.05, 3.63) is 60.3 Å². The highest BCUT2D eigenvalue weighted by Crippen LogP contribution is 2.39. The van der Waals surface area contributed by atoms with Gasteiger partial charge in [0, 0.05) is 16.5 Å². The summed E-state index contributed by atoms with van der Waals surface area (Å²) in [6.07, 6.45) is 3.17. The Morgan fingerprint density at radius 2 is 2.04 bits per heavy atom. The van der Waals surface area contributed by atoms with E-state index in [1.54, 1.807) is 18.3 Å². The minimum absolute atomic E-state index is 0.000990. The molecule has 0 fully saturated rings. The monoisotopic (exact) mass is 352 g/mol. The fraction of sp³-hybridized carbons (Fsp3) is 0.0526. The number of carbonyl (C=O) groups is 1. The lowest BCUT2D eigenvalue weighted by Crippen LogP contribution is -1.97. The van der Waals surface area contributed by atoms with E-state index in [-0.39, 0.29) is 11.3 Å². The molecule has 0 aliphatic rings. The average molecular weight is 352 g/mol. The first-order valence-electron chi connectivity index (χ1n) is 7.71. The van der Waals surface area contributed by atoms with Crippen LogP contribution in [0.1, 0.15) is 10.4 Å². The minimum atomic E-state index is -1.14. The summed E-state index contributed by atoms with van der Waals surface area (Å²) in [6, 6.07) is 8.78. The lowest BCUT2D eigenvalue weighted by molar-refractivity contribution is 0.0699. The SMILES string of the molecule is COc1cc2c(C(=O)O)c(-c3ccc(F)cc3)oc2cc1-c1cnc[nH]1. The standard InChI is InChI=1S/C19H13FN2O4/c1-25-15-7-13-16(6-12(15)14-8-21-9-22-14)26-18(17(13)19(23)24)10-2-4-11(20)5-3-10/h2-9H,1H3,(H,21,22)(H,23,24). The number of aromatic nitrogens is 2. The van der Waals surface area contributed by atoms with Gasteiger partial charge < -0.3 is 19.2 Å². The lowest BCUT2D eigenvalue weighted by Gasteiger charge is -2.06. The molecule has 2 aromatic heterocycles. The highest BCUT2D eigenvalue weighted by molar-refractivity contribution is 6.09. The number of halogens is 1. The number of aromatic carboxylic acids is 1. The Morgan fingerprint density at radius 1 is 1.27 bits per heavy atom. The van der Waals surface area contributed by atoms with Crippen molar-refractivity contribution < 1.29 is 23.4 Å². The van der Waals surface area contributed by atoms with E-state index in [9.17, 15) is 14.3 Å². The maximum Gasteiger partial charge on any atom is 0.340 e. The van der Waals surface area contributed by atoms with E-state index in [0.717, 1.165) is 0 Å². The second kappa shape index (κ2) is 6.03. The molecule has 0 unspecified atom stereocenters. The molecule has 0 aliphatic carbocycles. The van der Waals surface area contributed by atoms with Crippen molar-refractivity contribution in [3.63, 3.8) is 0 Å². The van der Waals surface area contributed by atoms with Crippen molar-refractivity contribution in [1.29, 1.82) is 0 Å². The van der Waals surface area contributed by atoms with E-state index in [0.29, 0.717) is 33.5 Å². The number of H-pyrrole nitrogens is 1. The van der Waals surface area contributed by atoms with Gasteiger partial charge in [-0.25, -0.2) is 14.2 Å². The fourth-order valence-corrected chi connectivity index (χ4v) is 2.92. The number of rotatable bonds is 4. The van der Waals surface area contributed by atoms with Gasteiger partial charge in [0.25, 0.3) is 0 Å². The predicted molar refractivity (Wildman–Crippen MR) is 92.7 cm³/mol. The molecule has 2 heterocycles. The summed E-state index contributed by atoms with van der Waals surface area (Å²) < 4.78 is 24.4. The highest BCUT2D eigenvalue weighted by Gasteiger charge is 2.24. The third-order valence-electron chi connectivity index (χ3n) is 4.12. The number of nitrogens with one attached hydrogen (secondary N) is 1. The number of aromatic amines is 1. The zero-order valence-corrected chi connectivity index (χ0v) is 13.6. The molecule has 4 rings (SSSR count). The van der Waals surface area contributed by atoms with Gasteiger partial charge in [-0.05, 0) is 36.4 Å². The Balaban J connectivity index is 2.01. The molecule has 2 N–H and O–H groups in total. The summed E-state index contributed by atoms with van der Waals surface area (Å²) in [6.45, 7) is 0. The van der Waals surface area contributed by atoms with Crippen molar-refractivity contribution in [2.75, 3.05) is 7.11 Å². The van der Waals surface area contributed by atoms with Gasteiger partial charge in [-0.3, -0.25) is 0 Å². The van der Waals surface area contributed by atoms with E-state index in [1.807, 2.05) is 0 Å². The summed E-state index contributed by atoms with van der Waals surface area (Å²) in [5.41, 5.74) is 2.25. The van der Waals surface area contributed by atoms with Crippen LogP contribution in [0.4, 0.5) is 4.39 Å². The molecule has 26 heavy (non-hydrogen) atoms. The van der Waals surface area contributed by atoms with Crippen molar-refractivity contribution in [2.24, 2.45) is 0 Å². The van der Waals surface area contributed by atoms with Crippen LogP contribution in [-0.2, 0) is 0 Å². The van der Waals surface area contributed by atoms with E-state index in [1.165, 1.54) is 37.7 Å². The number of imidazole rings is 1. The van der Waals surface area contributed by atoms with E-state index in [4.69, 9.17) is 9.15 Å². The van der Waals surface area contributed by atoms with Crippen LogP contribution in [0.3, 0.4) is 0 Å². The molecule has 0 saturated heterocycles. The molecule has 4 aromatic rings. The van der Waals surface area contributed by atoms with Gasteiger partial charge >= 0.3 is 5.97 Å². The Morgan fingerprint density at radius 3 is 2.65 bits per heavy atom. The largest absolute Gasteiger partial charge is 0.496 e. The number of methoxy groups -OCH3 is 1. The van der Waals surface area contributed by atoms with Crippen molar-refractivity contribution in [2.45, 2.75) is 0 Å². The molecule has 0 radical (unpaired) electrons. The first kappa shape index (κ1) is 15.9. The first-order chi connectivity index (χ1) is 12.6. The third kappa shape index (κ3) is 2.50. The van der Waals surface area contributed by atoms with Gasteiger partial charge in [0.05, 0.1) is 25.3 Å². The van der Waals surface area contributed by atoms with Crippen molar-refractivity contribution >= 4 is 16.9 Å². The summed E-state index contributed by atoms with van der Waals surface area (Å²) >= 11 is 0. The molecule has 130 valence electrons. The number of carboxylic acids is 1. The molecule has 6 nitrogen and oxygen atoms in total. The maximum atomic E-state index is 13.2. The Kier molecular flexibility index (Phi) is 3.69. The molecule has 2 aromatic carbocycles.